The number of rotatable bonds is 0. The van der Waals surface area contributed by atoms with Gasteiger partial charge in [-0.3, -0.25) is 0 Å². The van der Waals surface area contributed by atoms with Crippen LogP contribution >= 0.6 is 0 Å². The molecule has 0 aliphatic rings. The average molecular weight is 332 g/mol. The predicted octanol–water partition coefficient (Wildman–Crippen LogP) is -4.40. The standard InChI is InChI=1S/Al.Ba.Ca.Fe.2H4Si.7H/h;;;;2*1H4;;;;;;;/q;2*+2;;;;;;;4*-1. The largest absolute Gasteiger partial charge is 2.00 e. The third-order valence-corrected chi connectivity index (χ3v) is 0. The van der Waals surface area contributed by atoms with Crippen LogP contribution in [0.2, 0.25) is 0 Å². The molecule has 0 radical (unpaired) electrons. The minimum Gasteiger partial charge on any atom is -1.00 e. The Morgan fingerprint density at radius 3 is 1.00 bits per heavy atom. The fourth-order valence-corrected chi connectivity index (χ4v) is 0. The van der Waals surface area contributed by atoms with E-state index in [-0.39, 0.29) is 149 Å². The van der Waals surface area contributed by atoms with Crippen LogP contribution in [0.3, 0.4) is 0 Å². The second-order valence-electron chi connectivity index (χ2n) is 0. The smallest absolute Gasteiger partial charge is 1.00 e. The molecule has 0 N–H and O–H groups in total. The SMILES string of the molecule is [AlH3].[Ba+2].[Ca+2].[Fe].[H-].[H-].[H-].[H-].[SiH4].[SiH4]. The molecule has 0 aromatic carbocycles. The van der Waals surface area contributed by atoms with Gasteiger partial charge in [-0.25, -0.2) is 0 Å². The minimum atomic E-state index is 0. The van der Waals surface area contributed by atoms with Crippen molar-refractivity contribution in [3.05, 3.63) is 0 Å². The molecule has 0 fully saturated rings. The molecule has 0 nitrogen and oxygen atoms in total. The fourth-order valence-electron chi connectivity index (χ4n) is 0. The summed E-state index contributed by atoms with van der Waals surface area (Å²) in [6, 6.07) is 0. The molecular formula is H15AlBaCaFeSi2. The first-order valence-corrected chi connectivity index (χ1v) is 0. The van der Waals surface area contributed by atoms with Gasteiger partial charge in [0.05, 0.1) is 0 Å². The minimum absolute atomic E-state index is 0. The zero-order valence-corrected chi connectivity index (χ0v) is 9.52. The molecule has 0 unspecified atom stereocenters. The van der Waals surface area contributed by atoms with Crippen molar-refractivity contribution in [3.8, 4) is 0 Å². The van der Waals surface area contributed by atoms with Gasteiger partial charge in [-0.2, -0.15) is 0 Å². The Hall–Kier alpha value is 4.32. The van der Waals surface area contributed by atoms with Crippen LogP contribution in [0, 0.1) is 0 Å². The van der Waals surface area contributed by atoms with Crippen LogP contribution in [0.4, 0.5) is 0 Å². The fraction of sp³-hybridized carbons (Fsp3) is 0. The van der Waals surface area contributed by atoms with Crippen LogP contribution in [0.15, 0.2) is 0 Å². The maximum atomic E-state index is 0. The van der Waals surface area contributed by atoms with Gasteiger partial charge in [0.25, 0.3) is 0 Å². The summed E-state index contributed by atoms with van der Waals surface area (Å²) in [5, 5.41) is 0. The van der Waals surface area contributed by atoms with Crippen molar-refractivity contribution >= 4 is 126 Å². The normalized spacial score (nSPS) is 0. The van der Waals surface area contributed by atoms with Gasteiger partial charge >= 0.3 is 86.6 Å². The Bertz CT molecular complexity index is 23.2. The summed E-state index contributed by atoms with van der Waals surface area (Å²) in [7, 11) is 0. The molecule has 0 heterocycles. The van der Waals surface area contributed by atoms with Gasteiger partial charge in [-0.1, -0.05) is 0 Å². The van der Waals surface area contributed by atoms with Gasteiger partial charge in [0, 0.05) is 17.1 Å². The topological polar surface area (TPSA) is 0 Å². The molecule has 0 aromatic rings. The second kappa shape index (κ2) is 34.6. The molecule has 6 heteroatoms. The molecule has 0 spiro atoms. The third kappa shape index (κ3) is 23.9. The maximum Gasteiger partial charge on any atom is 2.00 e. The van der Waals surface area contributed by atoms with Gasteiger partial charge in [0.2, 0.25) is 0 Å². The number of hydrogen-bond acceptors (Lipinski definition) is 0. The maximum absolute atomic E-state index is 0. The molecule has 0 aliphatic heterocycles. The Labute approximate surface area is 145 Å². The van der Waals surface area contributed by atoms with Gasteiger partial charge < -0.3 is 5.71 Å². The Morgan fingerprint density at radius 2 is 1.00 bits per heavy atom. The van der Waals surface area contributed by atoms with Crippen molar-refractivity contribution in [2.24, 2.45) is 0 Å². The van der Waals surface area contributed by atoms with E-state index >= 15 is 0 Å². The molecule has 6 heavy (non-hydrogen) atoms. The summed E-state index contributed by atoms with van der Waals surface area (Å²) in [5.41, 5.74) is 0. The summed E-state index contributed by atoms with van der Waals surface area (Å²) < 4.78 is 0. The van der Waals surface area contributed by atoms with Crippen molar-refractivity contribution in [2.45, 2.75) is 0 Å². The van der Waals surface area contributed by atoms with Crippen molar-refractivity contribution in [1.29, 1.82) is 0 Å². The van der Waals surface area contributed by atoms with Gasteiger partial charge in [0.15, 0.2) is 17.4 Å². The van der Waals surface area contributed by atoms with Crippen molar-refractivity contribution in [3.63, 3.8) is 0 Å². The van der Waals surface area contributed by atoms with Crippen LogP contribution in [-0.2, 0) is 17.1 Å². The Morgan fingerprint density at radius 1 is 1.00 bits per heavy atom. The average Bonchev–Trinajstić information content (AvgIpc) is 0. The quantitative estimate of drug-likeness (QED) is 0.393. The zero-order valence-electron chi connectivity index (χ0n) is 5.77. The molecule has 0 bridgehead atoms. The van der Waals surface area contributed by atoms with Crippen LogP contribution < -0.4 is 0 Å². The molecule has 0 aliphatic carbocycles. The molecule has 0 rings (SSSR count). The van der Waals surface area contributed by atoms with Gasteiger partial charge in [-0.05, 0) is 21.9 Å². The summed E-state index contributed by atoms with van der Waals surface area (Å²) >= 11 is 0. The van der Waals surface area contributed by atoms with Crippen LogP contribution in [0.25, 0.3) is 0 Å². The van der Waals surface area contributed by atoms with Crippen LogP contribution in [-0.4, -0.2) is 126 Å². The predicted molar refractivity (Wildman–Crippen MR) is 48.6 cm³/mol. The summed E-state index contributed by atoms with van der Waals surface area (Å²) in [4.78, 5) is 0. The van der Waals surface area contributed by atoms with E-state index in [1.165, 1.54) is 0 Å². The molecule has 0 aromatic heterocycles. The summed E-state index contributed by atoms with van der Waals surface area (Å²) in [6.45, 7) is 0. The molecule has 0 saturated carbocycles. The van der Waals surface area contributed by atoms with E-state index in [2.05, 4.69) is 0 Å². The van der Waals surface area contributed by atoms with Crippen LogP contribution in [0.5, 0.6) is 0 Å². The number of hydrogen-bond donors (Lipinski definition) is 0. The van der Waals surface area contributed by atoms with E-state index in [0.29, 0.717) is 0 Å². The van der Waals surface area contributed by atoms with E-state index in [9.17, 15) is 0 Å². The molecule has 38 valence electrons. The van der Waals surface area contributed by atoms with Gasteiger partial charge in [0.1, 0.15) is 0 Å². The molecule has 0 amide bonds. The molecule has 0 atom stereocenters. The van der Waals surface area contributed by atoms with E-state index in [1.807, 2.05) is 0 Å². The Balaban J connectivity index is 0. The zero-order chi connectivity index (χ0) is 0. The molecule has 0 saturated heterocycles. The van der Waals surface area contributed by atoms with Crippen molar-refractivity contribution in [2.75, 3.05) is 0 Å². The summed E-state index contributed by atoms with van der Waals surface area (Å²) in [6.07, 6.45) is 0. The van der Waals surface area contributed by atoms with Crippen molar-refractivity contribution in [1.82, 2.24) is 0 Å². The van der Waals surface area contributed by atoms with Gasteiger partial charge in [-0.15, -0.1) is 0 Å². The molecular weight excluding hydrogens is 316 g/mol. The Kier molecular flexibility index (Phi) is 277. The first kappa shape index (κ1) is 48.1. The first-order valence-electron chi connectivity index (χ1n) is 0. The summed E-state index contributed by atoms with van der Waals surface area (Å²) in [5.74, 6) is 0. The van der Waals surface area contributed by atoms with E-state index in [0.717, 1.165) is 0 Å². The third-order valence-electron chi connectivity index (χ3n) is 0. The monoisotopic (exact) mass is 332 g/mol. The van der Waals surface area contributed by atoms with E-state index < -0.39 is 0 Å². The first-order chi connectivity index (χ1) is 0. The van der Waals surface area contributed by atoms with E-state index in [1.54, 1.807) is 0 Å². The van der Waals surface area contributed by atoms with Crippen LogP contribution in [0.1, 0.15) is 5.71 Å². The van der Waals surface area contributed by atoms with Crippen molar-refractivity contribution < 1.29 is 22.8 Å². The second-order valence-corrected chi connectivity index (χ2v) is 0. The van der Waals surface area contributed by atoms with E-state index in [4.69, 9.17) is 0 Å².